The molecule has 5 heteroatoms. The van der Waals surface area contributed by atoms with Gasteiger partial charge in [0, 0.05) is 17.7 Å². The molecule has 0 spiro atoms. The monoisotopic (exact) mass is 301 g/mol. The van der Waals surface area contributed by atoms with Crippen molar-refractivity contribution in [1.29, 1.82) is 0 Å². The quantitative estimate of drug-likeness (QED) is 0.825. The molecule has 2 rings (SSSR count). The lowest BCUT2D eigenvalue weighted by Crippen LogP contribution is -2.24. The van der Waals surface area contributed by atoms with Gasteiger partial charge in [0.25, 0.3) is 5.56 Å². The SMILES string of the molecule is CCOc1ccc(-c2cc(CNCC(C)C)c(=O)[nH]n2)cc1. The number of H-pyrrole nitrogens is 1. The molecule has 0 aliphatic rings. The Morgan fingerprint density at radius 3 is 2.64 bits per heavy atom. The van der Waals surface area contributed by atoms with E-state index in [4.69, 9.17) is 4.74 Å². The van der Waals surface area contributed by atoms with Crippen molar-refractivity contribution < 1.29 is 4.74 Å². The van der Waals surface area contributed by atoms with Crippen LogP contribution in [0.5, 0.6) is 5.75 Å². The summed E-state index contributed by atoms with van der Waals surface area (Å²) in [4.78, 5) is 11.8. The molecule has 1 aromatic carbocycles. The van der Waals surface area contributed by atoms with E-state index < -0.39 is 0 Å². The van der Waals surface area contributed by atoms with E-state index in [1.54, 1.807) is 0 Å². The highest BCUT2D eigenvalue weighted by molar-refractivity contribution is 5.60. The van der Waals surface area contributed by atoms with Crippen LogP contribution in [0.4, 0.5) is 0 Å². The van der Waals surface area contributed by atoms with E-state index in [0.29, 0.717) is 24.6 Å². The van der Waals surface area contributed by atoms with Gasteiger partial charge in [0.15, 0.2) is 0 Å². The second-order valence-electron chi connectivity index (χ2n) is 5.59. The van der Waals surface area contributed by atoms with Gasteiger partial charge in [-0.2, -0.15) is 5.10 Å². The second-order valence-corrected chi connectivity index (χ2v) is 5.59. The first-order chi connectivity index (χ1) is 10.6. The number of ether oxygens (including phenoxy) is 1. The van der Waals surface area contributed by atoms with E-state index in [-0.39, 0.29) is 5.56 Å². The predicted octanol–water partition coefficient (Wildman–Crippen LogP) is 2.58. The van der Waals surface area contributed by atoms with E-state index in [1.807, 2.05) is 37.3 Å². The molecule has 0 saturated heterocycles. The summed E-state index contributed by atoms with van der Waals surface area (Å²) in [6, 6.07) is 9.53. The molecular formula is C17H23N3O2. The molecule has 1 heterocycles. The second kappa shape index (κ2) is 7.75. The molecule has 5 nitrogen and oxygen atoms in total. The highest BCUT2D eigenvalue weighted by atomic mass is 16.5. The van der Waals surface area contributed by atoms with Gasteiger partial charge in [0.2, 0.25) is 0 Å². The van der Waals surface area contributed by atoms with Crippen LogP contribution >= 0.6 is 0 Å². The molecule has 0 unspecified atom stereocenters. The lowest BCUT2D eigenvalue weighted by Gasteiger charge is -2.08. The third kappa shape index (κ3) is 4.43. The van der Waals surface area contributed by atoms with Crippen molar-refractivity contribution in [2.45, 2.75) is 27.3 Å². The molecule has 2 N–H and O–H groups in total. The van der Waals surface area contributed by atoms with E-state index in [0.717, 1.165) is 23.6 Å². The maximum atomic E-state index is 11.8. The fraction of sp³-hybridized carbons (Fsp3) is 0.412. The van der Waals surface area contributed by atoms with Gasteiger partial charge in [0.1, 0.15) is 5.75 Å². The van der Waals surface area contributed by atoms with Crippen LogP contribution in [0.2, 0.25) is 0 Å². The van der Waals surface area contributed by atoms with Crippen molar-refractivity contribution in [2.75, 3.05) is 13.2 Å². The standard InChI is InChI=1S/C17H23N3O2/c1-4-22-15-7-5-13(6-8-15)16-9-14(17(21)20-19-16)11-18-10-12(2)3/h5-9,12,18H,4,10-11H2,1-3H3,(H,20,21). The van der Waals surface area contributed by atoms with Gasteiger partial charge >= 0.3 is 0 Å². The van der Waals surface area contributed by atoms with Crippen molar-refractivity contribution in [3.05, 3.63) is 46.2 Å². The molecule has 0 atom stereocenters. The van der Waals surface area contributed by atoms with E-state index >= 15 is 0 Å². The summed E-state index contributed by atoms with van der Waals surface area (Å²) in [6.45, 7) is 8.28. The van der Waals surface area contributed by atoms with E-state index in [1.165, 1.54) is 0 Å². The van der Waals surface area contributed by atoms with Crippen molar-refractivity contribution in [2.24, 2.45) is 5.92 Å². The first kappa shape index (κ1) is 16.2. The first-order valence-corrected chi connectivity index (χ1v) is 7.62. The molecular weight excluding hydrogens is 278 g/mol. The Morgan fingerprint density at radius 2 is 2.00 bits per heavy atom. The van der Waals surface area contributed by atoms with Gasteiger partial charge in [-0.1, -0.05) is 13.8 Å². The zero-order valence-corrected chi connectivity index (χ0v) is 13.3. The smallest absolute Gasteiger partial charge is 0.268 e. The highest BCUT2D eigenvalue weighted by Crippen LogP contribution is 2.20. The van der Waals surface area contributed by atoms with Crippen LogP contribution in [0.1, 0.15) is 26.3 Å². The lowest BCUT2D eigenvalue weighted by atomic mass is 10.1. The Labute approximate surface area is 130 Å². The summed E-state index contributed by atoms with van der Waals surface area (Å²) in [5.74, 6) is 1.38. The molecule has 1 aromatic heterocycles. The van der Waals surface area contributed by atoms with Gasteiger partial charge in [-0.25, -0.2) is 5.10 Å². The van der Waals surface area contributed by atoms with E-state index in [9.17, 15) is 4.79 Å². The number of nitrogens with one attached hydrogen (secondary N) is 2. The van der Waals surface area contributed by atoms with Crippen molar-refractivity contribution >= 4 is 0 Å². The molecule has 0 saturated carbocycles. The molecule has 0 aliphatic carbocycles. The normalized spacial score (nSPS) is 10.9. The topological polar surface area (TPSA) is 67.0 Å². The average Bonchev–Trinajstić information content (AvgIpc) is 2.50. The summed E-state index contributed by atoms with van der Waals surface area (Å²) >= 11 is 0. The Hall–Kier alpha value is -2.14. The van der Waals surface area contributed by atoms with Crippen LogP contribution in [0.15, 0.2) is 35.1 Å². The van der Waals surface area contributed by atoms with Gasteiger partial charge < -0.3 is 10.1 Å². The van der Waals surface area contributed by atoms with Gasteiger partial charge in [-0.15, -0.1) is 0 Å². The third-order valence-electron chi connectivity index (χ3n) is 3.21. The fourth-order valence-corrected chi connectivity index (χ4v) is 2.11. The largest absolute Gasteiger partial charge is 0.494 e. The molecule has 0 fully saturated rings. The summed E-state index contributed by atoms with van der Waals surface area (Å²) in [5.41, 5.74) is 2.25. The van der Waals surface area contributed by atoms with Crippen LogP contribution in [0, 0.1) is 5.92 Å². The van der Waals surface area contributed by atoms with Crippen LogP contribution in [0.25, 0.3) is 11.3 Å². The molecule has 22 heavy (non-hydrogen) atoms. The zero-order valence-electron chi connectivity index (χ0n) is 13.3. The fourth-order valence-electron chi connectivity index (χ4n) is 2.11. The molecule has 118 valence electrons. The summed E-state index contributed by atoms with van der Waals surface area (Å²) < 4.78 is 5.43. The molecule has 0 radical (unpaired) electrons. The summed E-state index contributed by atoms with van der Waals surface area (Å²) in [6.07, 6.45) is 0. The maximum absolute atomic E-state index is 11.8. The minimum atomic E-state index is -0.147. The number of hydrogen-bond donors (Lipinski definition) is 2. The average molecular weight is 301 g/mol. The number of aromatic amines is 1. The Bertz CT molecular complexity index is 648. The first-order valence-electron chi connectivity index (χ1n) is 7.62. The Balaban J connectivity index is 2.15. The third-order valence-corrected chi connectivity index (χ3v) is 3.21. The Kier molecular flexibility index (Phi) is 5.72. The summed E-state index contributed by atoms with van der Waals surface area (Å²) in [5, 5.41) is 9.97. The van der Waals surface area contributed by atoms with Gasteiger partial charge in [-0.05, 0) is 49.7 Å². The number of benzene rings is 1. The molecule has 0 bridgehead atoms. The van der Waals surface area contributed by atoms with E-state index in [2.05, 4.69) is 29.4 Å². The maximum Gasteiger partial charge on any atom is 0.268 e. The number of hydrogen-bond acceptors (Lipinski definition) is 4. The van der Waals surface area contributed by atoms with Crippen molar-refractivity contribution in [1.82, 2.24) is 15.5 Å². The van der Waals surface area contributed by atoms with Crippen molar-refractivity contribution in [3.8, 4) is 17.0 Å². The minimum absolute atomic E-state index is 0.147. The number of aromatic nitrogens is 2. The number of rotatable bonds is 7. The predicted molar refractivity (Wildman–Crippen MR) is 88.0 cm³/mol. The minimum Gasteiger partial charge on any atom is -0.494 e. The van der Waals surface area contributed by atoms with Crippen molar-refractivity contribution in [3.63, 3.8) is 0 Å². The molecule has 2 aromatic rings. The van der Waals surface area contributed by atoms with Gasteiger partial charge in [0.05, 0.1) is 12.3 Å². The summed E-state index contributed by atoms with van der Waals surface area (Å²) in [7, 11) is 0. The van der Waals surface area contributed by atoms with Crippen LogP contribution in [-0.4, -0.2) is 23.3 Å². The number of nitrogens with zero attached hydrogens (tertiary/aromatic N) is 1. The molecule has 0 amide bonds. The van der Waals surface area contributed by atoms with Crippen LogP contribution < -0.4 is 15.6 Å². The molecule has 0 aliphatic heterocycles. The highest BCUT2D eigenvalue weighted by Gasteiger charge is 2.06. The van der Waals surface area contributed by atoms with Gasteiger partial charge in [-0.3, -0.25) is 4.79 Å². The van der Waals surface area contributed by atoms with Crippen LogP contribution in [0.3, 0.4) is 0 Å². The van der Waals surface area contributed by atoms with Crippen LogP contribution in [-0.2, 0) is 6.54 Å². The Morgan fingerprint density at radius 1 is 1.27 bits per heavy atom. The lowest BCUT2D eigenvalue weighted by molar-refractivity contribution is 0.340. The zero-order chi connectivity index (χ0) is 15.9.